The Hall–Kier alpha value is -4.18. The van der Waals surface area contributed by atoms with E-state index in [1.807, 2.05) is 0 Å². The molecule has 0 saturated heterocycles. The first-order valence-electron chi connectivity index (χ1n) is 13.3. The van der Waals surface area contributed by atoms with Gasteiger partial charge < -0.3 is 9.80 Å². The van der Waals surface area contributed by atoms with Crippen molar-refractivity contribution >= 4 is 35.2 Å². The highest BCUT2D eigenvalue weighted by Gasteiger charge is 2.24. The molecule has 0 atom stereocenters. The highest BCUT2D eigenvalue weighted by Crippen LogP contribution is 2.29. The molecule has 0 saturated carbocycles. The molecule has 2 aliphatic rings. The van der Waals surface area contributed by atoms with Crippen LogP contribution in [0.4, 0.5) is 22.7 Å². The fourth-order valence-corrected chi connectivity index (χ4v) is 5.14. The number of benzene rings is 4. The number of fused-ring (bicyclic) bond motifs is 2. The standard InChI is InChI=1S/2C17H19N2/c1-13-9-15-11-19(16-7-5-4-6-8-16)12-18(3)17(15)10-14(13)2;1-13-9-10-17-16(14(13)2)11-19(12-18(17)3)15-7-5-4-6-8-15/h2*4-11H,12H2,1-3H3/q2*+1. The van der Waals surface area contributed by atoms with E-state index >= 15 is 0 Å². The van der Waals surface area contributed by atoms with Gasteiger partial charge in [0.25, 0.3) is 0 Å². The highest BCUT2D eigenvalue weighted by atomic mass is 15.3. The molecule has 6 rings (SSSR count). The molecule has 0 amide bonds. The average Bonchev–Trinajstić information content (AvgIpc) is 2.93. The van der Waals surface area contributed by atoms with Crippen molar-refractivity contribution in [2.24, 2.45) is 0 Å². The first kappa shape index (κ1) is 25.5. The minimum Gasteiger partial charge on any atom is -0.319 e. The van der Waals surface area contributed by atoms with E-state index in [1.165, 1.54) is 56.1 Å². The fourth-order valence-electron chi connectivity index (χ4n) is 5.14. The Morgan fingerprint density at radius 3 is 1.68 bits per heavy atom. The Morgan fingerprint density at radius 1 is 0.553 bits per heavy atom. The average molecular weight is 503 g/mol. The lowest BCUT2D eigenvalue weighted by atomic mass is 10.0. The quantitative estimate of drug-likeness (QED) is 0.275. The smallest absolute Gasteiger partial charge is 0.224 e. The molecule has 0 N–H and O–H groups in total. The maximum absolute atomic E-state index is 2.30. The van der Waals surface area contributed by atoms with Gasteiger partial charge in [-0.2, -0.15) is 9.15 Å². The fraction of sp³-hybridized carbons (Fsp3) is 0.235. The lowest BCUT2D eigenvalue weighted by Crippen LogP contribution is -2.32. The molecule has 0 spiro atoms. The number of hydrogen-bond acceptors (Lipinski definition) is 2. The molecule has 0 fully saturated rings. The maximum Gasteiger partial charge on any atom is 0.224 e. The van der Waals surface area contributed by atoms with Gasteiger partial charge in [0.2, 0.25) is 24.7 Å². The summed E-state index contributed by atoms with van der Waals surface area (Å²) in [5, 5.41) is 0. The molecule has 4 aromatic rings. The second-order valence-electron chi connectivity index (χ2n) is 10.5. The third kappa shape index (κ3) is 5.12. The Labute approximate surface area is 227 Å². The molecular formula is C34H38N4+2. The second kappa shape index (κ2) is 10.7. The molecule has 4 heteroatoms. The van der Waals surface area contributed by atoms with Crippen LogP contribution in [0.15, 0.2) is 84.9 Å². The lowest BCUT2D eigenvalue weighted by molar-refractivity contribution is -0.435. The van der Waals surface area contributed by atoms with E-state index in [9.17, 15) is 0 Å². The van der Waals surface area contributed by atoms with Crippen LogP contribution in [-0.2, 0) is 0 Å². The molecule has 0 aliphatic carbocycles. The second-order valence-corrected chi connectivity index (χ2v) is 10.5. The summed E-state index contributed by atoms with van der Waals surface area (Å²) in [7, 11) is 4.30. The van der Waals surface area contributed by atoms with E-state index in [0.29, 0.717) is 0 Å². The van der Waals surface area contributed by atoms with Gasteiger partial charge in [-0.15, -0.1) is 0 Å². The summed E-state index contributed by atoms with van der Waals surface area (Å²) in [5.41, 5.74) is 13.1. The first-order chi connectivity index (χ1) is 18.3. The van der Waals surface area contributed by atoms with E-state index in [0.717, 1.165) is 13.3 Å². The van der Waals surface area contributed by atoms with Crippen molar-refractivity contribution in [3.8, 4) is 0 Å². The largest absolute Gasteiger partial charge is 0.319 e. The van der Waals surface area contributed by atoms with Crippen molar-refractivity contribution in [1.29, 1.82) is 0 Å². The van der Waals surface area contributed by atoms with Gasteiger partial charge in [0.05, 0.1) is 22.5 Å². The van der Waals surface area contributed by atoms with Crippen molar-refractivity contribution in [3.05, 3.63) is 118 Å². The van der Waals surface area contributed by atoms with Gasteiger partial charge in [0, 0.05) is 38.4 Å². The molecule has 38 heavy (non-hydrogen) atoms. The van der Waals surface area contributed by atoms with Crippen molar-refractivity contribution in [2.75, 3.05) is 37.2 Å². The SMILES string of the molecule is Cc1cc2c(cc1C)N(C)C[N+](c1ccccc1)=C2.Cc1ccc2c(c1C)C=[N+](c1ccccc1)CN2C. The topological polar surface area (TPSA) is 12.5 Å². The third-order valence-corrected chi connectivity index (χ3v) is 7.71. The zero-order valence-electron chi connectivity index (χ0n) is 23.4. The van der Waals surface area contributed by atoms with Crippen LogP contribution < -0.4 is 9.80 Å². The number of rotatable bonds is 2. The predicted octanol–water partition coefficient (Wildman–Crippen LogP) is 6.95. The summed E-state index contributed by atoms with van der Waals surface area (Å²) in [6.07, 6.45) is 4.52. The number of hydrogen-bond donors (Lipinski definition) is 0. The molecule has 0 aromatic heterocycles. The van der Waals surface area contributed by atoms with Crippen LogP contribution in [0.2, 0.25) is 0 Å². The Balaban J connectivity index is 0.000000155. The summed E-state index contributed by atoms with van der Waals surface area (Å²) in [6, 6.07) is 30.0. The molecule has 4 nitrogen and oxygen atoms in total. The molecule has 4 aromatic carbocycles. The lowest BCUT2D eigenvalue weighted by Gasteiger charge is -2.25. The summed E-state index contributed by atoms with van der Waals surface area (Å²) >= 11 is 0. The van der Waals surface area contributed by atoms with Gasteiger partial charge in [-0.3, -0.25) is 0 Å². The summed E-state index contributed by atoms with van der Waals surface area (Å²) in [4.78, 5) is 4.60. The van der Waals surface area contributed by atoms with Gasteiger partial charge in [-0.1, -0.05) is 42.5 Å². The molecular weight excluding hydrogens is 464 g/mol. The predicted molar refractivity (Wildman–Crippen MR) is 161 cm³/mol. The minimum absolute atomic E-state index is 0.888. The van der Waals surface area contributed by atoms with E-state index < -0.39 is 0 Å². The zero-order chi connectivity index (χ0) is 26.8. The van der Waals surface area contributed by atoms with Crippen LogP contribution in [0.3, 0.4) is 0 Å². The van der Waals surface area contributed by atoms with E-state index in [4.69, 9.17) is 0 Å². The van der Waals surface area contributed by atoms with Gasteiger partial charge in [-0.05, 0) is 68.1 Å². The summed E-state index contributed by atoms with van der Waals surface area (Å²) in [6.45, 7) is 10.5. The van der Waals surface area contributed by atoms with Crippen LogP contribution in [0.5, 0.6) is 0 Å². The van der Waals surface area contributed by atoms with Gasteiger partial charge in [-0.25, -0.2) is 0 Å². The van der Waals surface area contributed by atoms with Crippen LogP contribution in [-0.4, -0.2) is 49.0 Å². The zero-order valence-corrected chi connectivity index (χ0v) is 23.4. The monoisotopic (exact) mass is 502 g/mol. The Kier molecular flexibility index (Phi) is 7.15. The number of para-hydroxylation sites is 2. The molecule has 0 unspecified atom stereocenters. The molecule has 0 radical (unpaired) electrons. The van der Waals surface area contributed by atoms with Crippen molar-refractivity contribution in [3.63, 3.8) is 0 Å². The summed E-state index contributed by atoms with van der Waals surface area (Å²) < 4.78 is 4.59. The van der Waals surface area contributed by atoms with Crippen LogP contribution >= 0.6 is 0 Å². The molecule has 192 valence electrons. The minimum atomic E-state index is 0.888. The van der Waals surface area contributed by atoms with Crippen molar-refractivity contribution in [1.82, 2.24) is 0 Å². The van der Waals surface area contributed by atoms with Gasteiger partial charge >= 0.3 is 0 Å². The van der Waals surface area contributed by atoms with Crippen LogP contribution in [0.25, 0.3) is 0 Å². The third-order valence-electron chi connectivity index (χ3n) is 7.71. The maximum atomic E-state index is 2.30. The number of nitrogens with zero attached hydrogens (tertiary/aromatic N) is 4. The Bertz CT molecular complexity index is 1520. The van der Waals surface area contributed by atoms with E-state index in [2.05, 4.69) is 158 Å². The normalized spacial score (nSPS) is 14.1. The van der Waals surface area contributed by atoms with Gasteiger partial charge in [0.15, 0.2) is 12.4 Å². The van der Waals surface area contributed by atoms with Crippen molar-refractivity contribution in [2.45, 2.75) is 27.7 Å². The number of aryl methyl sites for hydroxylation is 3. The van der Waals surface area contributed by atoms with Crippen LogP contribution in [0.1, 0.15) is 33.4 Å². The number of anilines is 2. The first-order valence-corrected chi connectivity index (χ1v) is 13.3. The molecule has 2 aliphatic heterocycles. The van der Waals surface area contributed by atoms with Crippen molar-refractivity contribution < 1.29 is 9.15 Å². The van der Waals surface area contributed by atoms with Gasteiger partial charge in [0.1, 0.15) is 0 Å². The molecule has 0 bridgehead atoms. The summed E-state index contributed by atoms with van der Waals surface area (Å²) in [5.74, 6) is 0. The van der Waals surface area contributed by atoms with E-state index in [1.54, 1.807) is 0 Å². The highest BCUT2D eigenvalue weighted by molar-refractivity contribution is 5.89. The van der Waals surface area contributed by atoms with Crippen LogP contribution in [0, 0.1) is 27.7 Å². The molecule has 2 heterocycles. The Morgan fingerprint density at radius 2 is 1.08 bits per heavy atom. The van der Waals surface area contributed by atoms with E-state index in [-0.39, 0.29) is 0 Å².